The molecule has 3 amide bonds. The van der Waals surface area contributed by atoms with Gasteiger partial charge in [-0.3, -0.25) is 9.69 Å². The number of likely N-dealkylation sites (N-methyl/N-ethyl adjacent to an activating group) is 1. The third-order valence-electron chi connectivity index (χ3n) is 2.33. The van der Waals surface area contributed by atoms with E-state index in [9.17, 15) is 9.59 Å². The number of amides is 3. The molecular weight excluding hydrogens is 353 g/mol. The van der Waals surface area contributed by atoms with Crippen molar-refractivity contribution < 1.29 is 30.7 Å². The Hall–Kier alpha value is -0.412. The van der Waals surface area contributed by atoms with Gasteiger partial charge >= 0.3 is 27.1 Å². The summed E-state index contributed by atoms with van der Waals surface area (Å²) in [5.74, 6) is -0.122. The smallest absolute Gasteiger partial charge is 0.659 e. The Bertz CT molecular complexity index is 222. The Balaban J connectivity index is 0.000000845. The molecule has 2 fully saturated rings. The van der Waals surface area contributed by atoms with E-state index in [1.165, 1.54) is 11.9 Å². The third kappa shape index (κ3) is 1.51. The minimum absolute atomic E-state index is 0. The van der Waals surface area contributed by atoms with E-state index in [1.54, 1.807) is 4.90 Å². The van der Waals surface area contributed by atoms with E-state index in [0.29, 0.717) is 19.6 Å². The number of fused-ring (bicyclic) bond motifs is 1. The molecule has 2 rings (SSSR count). The number of imide groups is 1. The summed E-state index contributed by atoms with van der Waals surface area (Å²) in [5.41, 5.74) is 0. The second kappa shape index (κ2) is 3.76. The molecule has 2 saturated heterocycles. The number of nitrogens with zero attached hydrogens (tertiary/aromatic N) is 3. The molecule has 6 heteroatoms. The maximum Gasteiger partial charge on any atom is 2.00 e. The number of carbonyl (C=O) groups excluding carboxylic acids is 2. The Labute approximate surface area is 90.7 Å². The molecule has 2 heterocycles. The molecule has 0 aromatic carbocycles. The van der Waals surface area contributed by atoms with E-state index in [1.807, 2.05) is 0 Å². The van der Waals surface area contributed by atoms with Crippen LogP contribution in [0.1, 0.15) is 0 Å². The van der Waals surface area contributed by atoms with Gasteiger partial charge in [-0.1, -0.05) is 0 Å². The Morgan fingerprint density at radius 3 is 2.77 bits per heavy atom. The van der Waals surface area contributed by atoms with Crippen molar-refractivity contribution in [1.82, 2.24) is 9.80 Å². The Morgan fingerprint density at radius 1 is 1.46 bits per heavy atom. The van der Waals surface area contributed by atoms with Crippen LogP contribution >= 0.6 is 0 Å². The van der Waals surface area contributed by atoms with Gasteiger partial charge in [0, 0.05) is 13.6 Å². The third-order valence-corrected chi connectivity index (χ3v) is 2.33. The molecule has 0 bridgehead atoms. The zero-order valence-corrected chi connectivity index (χ0v) is 9.45. The molecule has 1 unspecified atom stereocenters. The molecule has 0 aliphatic carbocycles. The largest absolute Gasteiger partial charge is 2.00 e. The van der Waals surface area contributed by atoms with Crippen molar-refractivity contribution in [2.24, 2.45) is 0 Å². The first-order valence-corrected chi connectivity index (χ1v) is 3.93. The molecule has 0 N–H and O–H groups in total. The molecule has 2 aliphatic rings. The van der Waals surface area contributed by atoms with Gasteiger partial charge < -0.3 is 10.2 Å². The minimum atomic E-state index is -0.309. The molecule has 13 heavy (non-hydrogen) atoms. The monoisotopic (exact) mass is 363 g/mol. The summed E-state index contributed by atoms with van der Waals surface area (Å²) in [7, 11) is 1.52. The molecule has 0 radical (unpaired) electrons. The Morgan fingerprint density at radius 2 is 2.15 bits per heavy atom. The van der Waals surface area contributed by atoms with Crippen molar-refractivity contribution in [3.8, 4) is 0 Å². The molecule has 74 valence electrons. The standard InChI is InChI=1S/C7H10N3O2.Pt/c1-9-6(11)5-4-8-2-3-10(5)7(9)12;/h5H,2-4H2,1H3;/q-1;+2. The van der Waals surface area contributed by atoms with Crippen LogP contribution in [0.4, 0.5) is 4.79 Å². The van der Waals surface area contributed by atoms with Gasteiger partial charge in [0.05, 0.1) is 6.04 Å². The van der Waals surface area contributed by atoms with Gasteiger partial charge in [0.25, 0.3) is 5.91 Å². The van der Waals surface area contributed by atoms with Crippen LogP contribution in [0.5, 0.6) is 0 Å². The van der Waals surface area contributed by atoms with E-state index in [0.717, 1.165) is 0 Å². The van der Waals surface area contributed by atoms with E-state index < -0.39 is 0 Å². The topological polar surface area (TPSA) is 54.7 Å². The van der Waals surface area contributed by atoms with Crippen LogP contribution in [0.3, 0.4) is 0 Å². The summed E-state index contributed by atoms with van der Waals surface area (Å²) >= 11 is 0. The van der Waals surface area contributed by atoms with Crippen molar-refractivity contribution in [3.63, 3.8) is 0 Å². The fraction of sp³-hybridized carbons (Fsp3) is 0.714. The van der Waals surface area contributed by atoms with E-state index in [-0.39, 0.29) is 39.0 Å². The van der Waals surface area contributed by atoms with Gasteiger partial charge in [-0.2, -0.15) is 0 Å². The summed E-state index contributed by atoms with van der Waals surface area (Å²) in [6, 6.07) is -0.490. The van der Waals surface area contributed by atoms with Gasteiger partial charge in [0.1, 0.15) is 0 Å². The average molecular weight is 363 g/mol. The van der Waals surface area contributed by atoms with Crippen LogP contribution in [0, 0.1) is 0 Å². The van der Waals surface area contributed by atoms with Crippen LogP contribution in [0.25, 0.3) is 5.32 Å². The van der Waals surface area contributed by atoms with E-state index in [2.05, 4.69) is 5.32 Å². The number of rotatable bonds is 0. The van der Waals surface area contributed by atoms with Crippen LogP contribution in [0.2, 0.25) is 0 Å². The first-order valence-electron chi connectivity index (χ1n) is 3.93. The van der Waals surface area contributed by atoms with Gasteiger partial charge in [-0.15, -0.1) is 13.1 Å². The predicted octanol–water partition coefficient (Wildman–Crippen LogP) is -0.366. The van der Waals surface area contributed by atoms with Gasteiger partial charge in [-0.25, -0.2) is 4.79 Å². The SMILES string of the molecule is CN1C(=O)C2C[N-]CCN2C1=O.[Pt+2]. The van der Waals surface area contributed by atoms with Crippen molar-refractivity contribution in [2.75, 3.05) is 26.7 Å². The van der Waals surface area contributed by atoms with Crippen LogP contribution in [0.15, 0.2) is 0 Å². The Kier molecular flexibility index (Phi) is 3.09. The van der Waals surface area contributed by atoms with Gasteiger partial charge in [0.2, 0.25) is 0 Å². The minimum Gasteiger partial charge on any atom is -0.659 e. The fourth-order valence-corrected chi connectivity index (χ4v) is 1.60. The predicted molar refractivity (Wildman–Crippen MR) is 41.8 cm³/mol. The summed E-state index contributed by atoms with van der Waals surface area (Å²) < 4.78 is 0. The summed E-state index contributed by atoms with van der Waals surface area (Å²) in [6.45, 7) is 1.71. The first-order chi connectivity index (χ1) is 5.72. The molecule has 0 aromatic heterocycles. The molecule has 1 atom stereocenters. The number of piperazine rings is 1. The van der Waals surface area contributed by atoms with E-state index >= 15 is 0 Å². The van der Waals surface area contributed by atoms with E-state index in [4.69, 9.17) is 0 Å². The van der Waals surface area contributed by atoms with Crippen LogP contribution < -0.4 is 0 Å². The number of urea groups is 1. The number of hydrogen-bond acceptors (Lipinski definition) is 2. The molecule has 5 nitrogen and oxygen atoms in total. The summed E-state index contributed by atoms with van der Waals surface area (Å²) in [4.78, 5) is 25.5. The molecule has 0 aromatic rings. The number of carbonyl (C=O) groups is 2. The summed E-state index contributed by atoms with van der Waals surface area (Å²) in [6.07, 6.45) is 0. The quantitative estimate of drug-likeness (QED) is 0.552. The van der Waals surface area contributed by atoms with Gasteiger partial charge in [0.15, 0.2) is 0 Å². The maximum atomic E-state index is 11.4. The van der Waals surface area contributed by atoms with Crippen molar-refractivity contribution >= 4 is 11.9 Å². The van der Waals surface area contributed by atoms with Crippen molar-refractivity contribution in [3.05, 3.63) is 5.32 Å². The molecular formula is C7H10N3O2Pt+. The molecule has 0 spiro atoms. The first kappa shape index (κ1) is 10.7. The zero-order valence-electron chi connectivity index (χ0n) is 7.17. The zero-order chi connectivity index (χ0) is 8.72. The fourth-order valence-electron chi connectivity index (χ4n) is 1.60. The van der Waals surface area contributed by atoms with Crippen molar-refractivity contribution in [1.29, 1.82) is 0 Å². The second-order valence-electron chi connectivity index (χ2n) is 3.02. The van der Waals surface area contributed by atoms with Crippen LogP contribution in [-0.4, -0.2) is 54.5 Å². The molecule has 2 aliphatic heterocycles. The van der Waals surface area contributed by atoms with Crippen LogP contribution in [-0.2, 0) is 25.9 Å². The molecule has 0 saturated carbocycles. The average Bonchev–Trinajstić information content (AvgIpc) is 2.33. The normalized spacial score (nSPS) is 27.3. The van der Waals surface area contributed by atoms with Crippen molar-refractivity contribution in [2.45, 2.75) is 6.04 Å². The summed E-state index contributed by atoms with van der Waals surface area (Å²) in [5, 5.41) is 4.10. The van der Waals surface area contributed by atoms with Gasteiger partial charge in [-0.05, 0) is 0 Å². The second-order valence-corrected chi connectivity index (χ2v) is 3.02. The maximum absolute atomic E-state index is 11.4. The number of hydrogen-bond donors (Lipinski definition) is 0.